The predicted octanol–water partition coefficient (Wildman–Crippen LogP) is 13.4. The highest BCUT2D eigenvalue weighted by molar-refractivity contribution is 5.17. The molecule has 2 atom stereocenters. The Morgan fingerprint density at radius 3 is 0.607 bits per heavy atom. The zero-order valence-corrected chi connectivity index (χ0v) is 27.8. The largest absolute Gasteiger partial charge is 0.460 e. The summed E-state index contributed by atoms with van der Waals surface area (Å²) in [5, 5.41) is 0. The van der Waals surface area contributed by atoms with Crippen LogP contribution in [0.25, 0.3) is 0 Å². The smallest absolute Gasteiger partial charge is 0.380 e. The third kappa shape index (κ3) is 8.00. The fraction of sp³-hybridized carbons (Fsp3) is 0.846. The average Bonchev–Trinajstić information content (AvgIpc) is 3.05. The number of rotatable bonds is 22. The van der Waals surface area contributed by atoms with Crippen LogP contribution in [0.1, 0.15) is 12.8 Å². The van der Waals surface area contributed by atoms with Gasteiger partial charge in [0.15, 0.2) is 0 Å². The minimum atomic E-state index is -9.16. The van der Waals surface area contributed by atoms with Crippen molar-refractivity contribution in [3.05, 3.63) is 25.3 Å². The fourth-order valence-corrected chi connectivity index (χ4v) is 4.26. The quantitative estimate of drug-likeness (QED) is 0.0776. The molecule has 2 unspecified atom stereocenters. The van der Waals surface area contributed by atoms with Crippen LogP contribution in [0.5, 0.6) is 0 Å². The van der Waals surface area contributed by atoms with Crippen LogP contribution < -0.4 is 0 Å². The number of halogens is 34. The summed E-state index contributed by atoms with van der Waals surface area (Å²) in [6.07, 6.45) is -21.5. The van der Waals surface area contributed by atoms with Gasteiger partial charge in [0.05, 0.1) is 25.0 Å². The Labute approximate surface area is 313 Å². The summed E-state index contributed by atoms with van der Waals surface area (Å²) < 4.78 is 467. The van der Waals surface area contributed by atoms with Crippen LogP contribution in [0.15, 0.2) is 25.3 Å². The Bertz CT molecular complexity index is 1420. The molecule has 35 heteroatoms. The Kier molecular flexibility index (Phi) is 15.2. The number of alkyl halides is 34. The molecule has 0 rings (SSSR count). The van der Waals surface area contributed by atoms with Crippen molar-refractivity contribution in [2.75, 3.05) is 13.2 Å². The molecule has 0 aliphatic rings. The summed E-state index contributed by atoms with van der Waals surface area (Å²) in [6.45, 7) is -1.24. The standard InChI is InChI=1S/C26H16F34O/c1-3-5-9(11(27,28)13(31,32)15(35,36)17(39,40)19(43,44)21(47,48)23(51,52)25(55,56)57)7-61-8-10(6-4-2)12(29,30)14(33,34)16(37,38)18(41,42)20(45,46)22(49,50)24(53,54)26(58,59)60/h3-4,9-10H,1-2,5-8H2. The van der Waals surface area contributed by atoms with Crippen LogP contribution in [0.2, 0.25) is 0 Å². The van der Waals surface area contributed by atoms with E-state index in [1.807, 2.05) is 0 Å². The third-order valence-corrected chi connectivity index (χ3v) is 8.06. The van der Waals surface area contributed by atoms with Crippen LogP contribution in [-0.4, -0.2) is 108 Å². The lowest BCUT2D eigenvalue weighted by molar-refractivity contribution is -0.464. The first-order valence-electron chi connectivity index (χ1n) is 14.3. The molecule has 0 spiro atoms. The van der Waals surface area contributed by atoms with Gasteiger partial charge in [0.1, 0.15) is 0 Å². The Hall–Kier alpha value is -2.94. The minimum Gasteiger partial charge on any atom is -0.380 e. The highest BCUT2D eigenvalue weighted by Gasteiger charge is 2.97. The van der Waals surface area contributed by atoms with E-state index >= 15 is 0 Å². The summed E-state index contributed by atoms with van der Waals surface area (Å²) in [7, 11) is 0. The zero-order valence-electron chi connectivity index (χ0n) is 27.8. The van der Waals surface area contributed by atoms with Crippen LogP contribution in [0.3, 0.4) is 0 Å². The highest BCUT2D eigenvalue weighted by Crippen LogP contribution is 2.67. The molecule has 0 saturated carbocycles. The lowest BCUT2D eigenvalue weighted by atomic mass is 9.83. The van der Waals surface area contributed by atoms with Gasteiger partial charge in [-0.05, 0) is 12.8 Å². The topological polar surface area (TPSA) is 9.23 Å². The maximum absolute atomic E-state index is 14.8. The SMILES string of the molecule is C=CCC(COCC(CC=C)C(F)(F)C(F)(F)C(F)(F)C(F)(F)C(F)(F)C(F)(F)C(F)(F)C(F)(F)F)C(F)(F)C(F)(F)C(F)(F)C(F)(F)C(F)(F)C(F)(F)C(F)(F)C(F)(F)F. The molecule has 0 amide bonds. The zero-order chi connectivity index (χ0) is 50.1. The predicted molar refractivity (Wildman–Crippen MR) is 129 cm³/mol. The van der Waals surface area contributed by atoms with E-state index in [2.05, 4.69) is 17.9 Å². The van der Waals surface area contributed by atoms with E-state index in [0.29, 0.717) is 0 Å². The normalized spacial score (nSPS) is 17.3. The molecule has 0 aliphatic heterocycles. The van der Waals surface area contributed by atoms with E-state index in [1.165, 1.54) is 0 Å². The van der Waals surface area contributed by atoms with Gasteiger partial charge in [-0.1, -0.05) is 12.2 Å². The van der Waals surface area contributed by atoms with Crippen molar-refractivity contribution in [3.63, 3.8) is 0 Å². The van der Waals surface area contributed by atoms with Crippen molar-refractivity contribution in [2.45, 2.75) is 108 Å². The van der Waals surface area contributed by atoms with Crippen molar-refractivity contribution in [1.82, 2.24) is 0 Å². The summed E-state index contributed by atoms with van der Waals surface area (Å²) >= 11 is 0. The van der Waals surface area contributed by atoms with Gasteiger partial charge >= 0.3 is 95.3 Å². The molecule has 0 aromatic carbocycles. The van der Waals surface area contributed by atoms with Gasteiger partial charge in [0.25, 0.3) is 0 Å². The molecule has 0 saturated heterocycles. The first kappa shape index (κ1) is 58.1. The number of ether oxygens (including phenoxy) is 1. The number of hydrogen-bond donors (Lipinski definition) is 0. The molecule has 0 N–H and O–H groups in total. The second-order valence-electron chi connectivity index (χ2n) is 12.1. The third-order valence-electron chi connectivity index (χ3n) is 8.06. The lowest BCUT2D eigenvalue weighted by Crippen LogP contribution is -2.75. The first-order chi connectivity index (χ1) is 26.1. The van der Waals surface area contributed by atoms with Crippen molar-refractivity contribution < 1.29 is 154 Å². The molecule has 0 heterocycles. The fourth-order valence-electron chi connectivity index (χ4n) is 4.26. The minimum absolute atomic E-state index is 0.300. The molecule has 0 aliphatic carbocycles. The van der Waals surface area contributed by atoms with Crippen molar-refractivity contribution in [3.8, 4) is 0 Å². The molecule has 61 heavy (non-hydrogen) atoms. The summed E-state index contributed by atoms with van der Waals surface area (Å²) in [5.41, 5.74) is 0. The van der Waals surface area contributed by atoms with Crippen LogP contribution in [0.4, 0.5) is 149 Å². The molecule has 364 valence electrons. The van der Waals surface area contributed by atoms with Gasteiger partial charge in [-0.15, -0.1) is 13.2 Å². The maximum Gasteiger partial charge on any atom is 0.460 e. The number of hydrogen-bond acceptors (Lipinski definition) is 1. The van der Waals surface area contributed by atoms with Gasteiger partial charge in [0, 0.05) is 0 Å². The van der Waals surface area contributed by atoms with E-state index in [4.69, 9.17) is 0 Å². The summed E-state index contributed by atoms with van der Waals surface area (Å²) in [5.74, 6) is -130. The Morgan fingerprint density at radius 1 is 0.279 bits per heavy atom. The maximum atomic E-state index is 14.8. The molecular weight excluding hydrogens is 974 g/mol. The van der Waals surface area contributed by atoms with Gasteiger partial charge in [-0.25, -0.2) is 0 Å². The van der Waals surface area contributed by atoms with Crippen LogP contribution in [-0.2, 0) is 4.74 Å². The van der Waals surface area contributed by atoms with E-state index in [-0.39, 0.29) is 12.2 Å². The lowest BCUT2D eigenvalue weighted by Gasteiger charge is -2.44. The number of allylic oxidation sites excluding steroid dienone is 2. The van der Waals surface area contributed by atoms with Crippen molar-refractivity contribution in [1.29, 1.82) is 0 Å². The van der Waals surface area contributed by atoms with E-state index in [0.717, 1.165) is 0 Å². The average molecular weight is 990 g/mol. The summed E-state index contributed by atoms with van der Waals surface area (Å²) in [6, 6.07) is 0. The van der Waals surface area contributed by atoms with Gasteiger partial charge < -0.3 is 4.74 Å². The second-order valence-corrected chi connectivity index (χ2v) is 12.1. The van der Waals surface area contributed by atoms with E-state index in [9.17, 15) is 149 Å². The molecule has 0 radical (unpaired) electrons. The van der Waals surface area contributed by atoms with E-state index < -0.39 is 133 Å². The van der Waals surface area contributed by atoms with Crippen LogP contribution >= 0.6 is 0 Å². The monoisotopic (exact) mass is 990 g/mol. The highest BCUT2D eigenvalue weighted by atomic mass is 19.4. The summed E-state index contributed by atoms with van der Waals surface area (Å²) in [4.78, 5) is 0. The van der Waals surface area contributed by atoms with Crippen molar-refractivity contribution >= 4 is 0 Å². The molecule has 1 nitrogen and oxygen atoms in total. The first-order valence-corrected chi connectivity index (χ1v) is 14.3. The second kappa shape index (κ2) is 15.9. The van der Waals surface area contributed by atoms with Gasteiger partial charge in [-0.3, -0.25) is 0 Å². The Morgan fingerprint density at radius 2 is 0.443 bits per heavy atom. The van der Waals surface area contributed by atoms with Gasteiger partial charge in [-0.2, -0.15) is 149 Å². The molecular formula is C26H16F34O. The molecule has 0 bridgehead atoms. The van der Waals surface area contributed by atoms with Crippen LogP contribution in [0, 0.1) is 11.8 Å². The van der Waals surface area contributed by atoms with Gasteiger partial charge in [0.2, 0.25) is 0 Å². The van der Waals surface area contributed by atoms with E-state index in [1.54, 1.807) is 0 Å². The Balaban J connectivity index is 7.15. The molecule has 0 aromatic heterocycles. The molecule has 0 aromatic rings. The van der Waals surface area contributed by atoms with Crippen molar-refractivity contribution in [2.24, 2.45) is 11.8 Å². The molecule has 0 fully saturated rings.